The van der Waals surface area contributed by atoms with Gasteiger partial charge in [0.1, 0.15) is 17.5 Å². The molecule has 0 spiro atoms. The molecule has 0 amide bonds. The fraction of sp³-hybridized carbons (Fsp3) is 0.182. The molecular weight excluding hydrogens is 220 g/mol. The average molecular weight is 230 g/mol. The summed E-state index contributed by atoms with van der Waals surface area (Å²) in [5.41, 5.74) is 1.26. The number of carboxylic acid groups (broad SMARTS) is 1. The Balaban J connectivity index is 2.70. The number of carboxylic acids is 1. The van der Waals surface area contributed by atoms with E-state index in [1.165, 1.54) is 4.57 Å². The highest BCUT2D eigenvalue weighted by Gasteiger charge is 2.21. The summed E-state index contributed by atoms with van der Waals surface area (Å²) in [6.07, 6.45) is 1.70. The second kappa shape index (κ2) is 4.14. The fourth-order valence-electron chi connectivity index (χ4n) is 1.70. The van der Waals surface area contributed by atoms with Gasteiger partial charge in [-0.2, -0.15) is 5.26 Å². The zero-order chi connectivity index (χ0) is 12.4. The van der Waals surface area contributed by atoms with Crippen molar-refractivity contribution in [1.29, 1.82) is 5.26 Å². The SMILES string of the molecule is CCn1c(C(=O)O)nc(-c2ccc[nH]2)c1C#N. The molecule has 2 heterocycles. The quantitative estimate of drug-likeness (QED) is 0.834. The number of H-pyrrole nitrogens is 1. The van der Waals surface area contributed by atoms with Gasteiger partial charge in [0, 0.05) is 12.7 Å². The van der Waals surface area contributed by atoms with E-state index in [2.05, 4.69) is 9.97 Å². The van der Waals surface area contributed by atoms with Crippen LogP contribution in [-0.4, -0.2) is 25.6 Å². The van der Waals surface area contributed by atoms with Crippen LogP contribution in [0.25, 0.3) is 11.4 Å². The van der Waals surface area contributed by atoms with Gasteiger partial charge in [-0.1, -0.05) is 0 Å². The highest BCUT2D eigenvalue weighted by molar-refractivity contribution is 5.85. The molecule has 0 atom stereocenters. The molecule has 2 aromatic rings. The van der Waals surface area contributed by atoms with Crippen LogP contribution in [0, 0.1) is 11.3 Å². The maximum atomic E-state index is 11.0. The number of nitrogens with zero attached hydrogens (tertiary/aromatic N) is 3. The van der Waals surface area contributed by atoms with Gasteiger partial charge in [-0.25, -0.2) is 9.78 Å². The van der Waals surface area contributed by atoms with Crippen LogP contribution in [0.5, 0.6) is 0 Å². The van der Waals surface area contributed by atoms with E-state index in [-0.39, 0.29) is 11.5 Å². The number of aromatic nitrogens is 3. The summed E-state index contributed by atoms with van der Waals surface area (Å²) in [6, 6.07) is 5.51. The Morgan fingerprint density at radius 3 is 2.94 bits per heavy atom. The summed E-state index contributed by atoms with van der Waals surface area (Å²) < 4.78 is 1.39. The van der Waals surface area contributed by atoms with Crippen LogP contribution in [-0.2, 0) is 6.54 Å². The van der Waals surface area contributed by atoms with Crippen LogP contribution in [0.3, 0.4) is 0 Å². The predicted octanol–water partition coefficient (Wildman–Crippen LogP) is 1.47. The molecule has 0 aliphatic rings. The van der Waals surface area contributed by atoms with E-state index in [9.17, 15) is 4.79 Å². The highest BCUT2D eigenvalue weighted by atomic mass is 16.4. The van der Waals surface area contributed by atoms with Crippen molar-refractivity contribution in [3.8, 4) is 17.5 Å². The normalized spacial score (nSPS) is 10.1. The predicted molar refractivity (Wildman–Crippen MR) is 59.4 cm³/mol. The van der Waals surface area contributed by atoms with Crippen molar-refractivity contribution in [2.45, 2.75) is 13.5 Å². The second-order valence-corrected chi connectivity index (χ2v) is 3.38. The minimum Gasteiger partial charge on any atom is -0.475 e. The molecule has 6 nitrogen and oxygen atoms in total. The average Bonchev–Trinajstić information content (AvgIpc) is 2.94. The lowest BCUT2D eigenvalue weighted by Gasteiger charge is -2.00. The largest absolute Gasteiger partial charge is 0.475 e. The zero-order valence-corrected chi connectivity index (χ0v) is 9.14. The van der Waals surface area contributed by atoms with E-state index in [1.807, 2.05) is 6.07 Å². The van der Waals surface area contributed by atoms with Gasteiger partial charge in [0.15, 0.2) is 0 Å². The first-order valence-corrected chi connectivity index (χ1v) is 5.06. The molecule has 0 aliphatic carbocycles. The van der Waals surface area contributed by atoms with Crippen LogP contribution in [0.15, 0.2) is 18.3 Å². The lowest BCUT2D eigenvalue weighted by molar-refractivity contribution is 0.0678. The Morgan fingerprint density at radius 1 is 1.71 bits per heavy atom. The van der Waals surface area contributed by atoms with E-state index in [0.717, 1.165) is 0 Å². The highest BCUT2D eigenvalue weighted by Crippen LogP contribution is 2.22. The summed E-state index contributed by atoms with van der Waals surface area (Å²) in [5.74, 6) is -1.25. The monoisotopic (exact) mass is 230 g/mol. The number of carbonyl (C=O) groups is 1. The first-order chi connectivity index (χ1) is 8.19. The van der Waals surface area contributed by atoms with Crippen molar-refractivity contribution in [1.82, 2.24) is 14.5 Å². The number of hydrogen-bond donors (Lipinski definition) is 2. The number of aromatic amines is 1. The van der Waals surface area contributed by atoms with Crippen LogP contribution < -0.4 is 0 Å². The van der Waals surface area contributed by atoms with E-state index < -0.39 is 5.97 Å². The third-order valence-corrected chi connectivity index (χ3v) is 2.43. The van der Waals surface area contributed by atoms with Crippen molar-refractivity contribution in [3.05, 3.63) is 29.8 Å². The molecule has 0 radical (unpaired) electrons. The maximum Gasteiger partial charge on any atom is 0.372 e. The maximum absolute atomic E-state index is 11.0. The van der Waals surface area contributed by atoms with E-state index in [0.29, 0.717) is 17.9 Å². The number of aromatic carboxylic acids is 1. The van der Waals surface area contributed by atoms with Crippen molar-refractivity contribution in [3.63, 3.8) is 0 Å². The summed E-state index contributed by atoms with van der Waals surface area (Å²) in [6.45, 7) is 2.16. The number of imidazole rings is 1. The Bertz CT molecular complexity index is 590. The Labute approximate surface area is 97.1 Å². The molecule has 2 N–H and O–H groups in total. The third kappa shape index (κ3) is 1.67. The zero-order valence-electron chi connectivity index (χ0n) is 9.14. The fourth-order valence-corrected chi connectivity index (χ4v) is 1.70. The van der Waals surface area contributed by atoms with Gasteiger partial charge < -0.3 is 14.7 Å². The molecule has 17 heavy (non-hydrogen) atoms. The molecule has 0 bridgehead atoms. The van der Waals surface area contributed by atoms with Crippen molar-refractivity contribution < 1.29 is 9.90 Å². The number of nitriles is 1. The molecular formula is C11H10N4O2. The van der Waals surface area contributed by atoms with Crippen molar-refractivity contribution in [2.24, 2.45) is 0 Å². The smallest absolute Gasteiger partial charge is 0.372 e. The lowest BCUT2D eigenvalue weighted by Crippen LogP contribution is -2.09. The third-order valence-electron chi connectivity index (χ3n) is 2.43. The molecule has 86 valence electrons. The van der Waals surface area contributed by atoms with Crippen molar-refractivity contribution in [2.75, 3.05) is 0 Å². The molecule has 0 aromatic carbocycles. The minimum absolute atomic E-state index is 0.117. The van der Waals surface area contributed by atoms with Gasteiger partial charge in [0.05, 0.1) is 5.69 Å². The Kier molecular flexibility index (Phi) is 2.66. The standard InChI is InChI=1S/C11H10N4O2/c1-2-15-8(6-12)9(7-4-3-5-13-7)14-10(15)11(16)17/h3-5,13H,2H2,1H3,(H,16,17). The Hall–Kier alpha value is -2.55. The van der Waals surface area contributed by atoms with E-state index >= 15 is 0 Å². The minimum atomic E-state index is -1.14. The van der Waals surface area contributed by atoms with Gasteiger partial charge in [0.2, 0.25) is 5.82 Å². The molecule has 2 aromatic heterocycles. The van der Waals surface area contributed by atoms with Gasteiger partial charge in [-0.05, 0) is 19.1 Å². The molecule has 0 aliphatic heterocycles. The van der Waals surface area contributed by atoms with Crippen LogP contribution in [0.1, 0.15) is 23.2 Å². The first kappa shape index (κ1) is 11.0. The van der Waals surface area contributed by atoms with E-state index in [1.54, 1.807) is 25.3 Å². The summed E-state index contributed by atoms with van der Waals surface area (Å²) >= 11 is 0. The second-order valence-electron chi connectivity index (χ2n) is 3.38. The van der Waals surface area contributed by atoms with E-state index in [4.69, 9.17) is 10.4 Å². The van der Waals surface area contributed by atoms with Crippen molar-refractivity contribution >= 4 is 5.97 Å². The van der Waals surface area contributed by atoms with Gasteiger partial charge in [0.25, 0.3) is 0 Å². The number of rotatable bonds is 3. The molecule has 0 unspecified atom stereocenters. The van der Waals surface area contributed by atoms with Gasteiger partial charge in [-0.15, -0.1) is 0 Å². The van der Waals surface area contributed by atoms with Gasteiger partial charge >= 0.3 is 5.97 Å². The number of nitrogens with one attached hydrogen (secondary N) is 1. The first-order valence-electron chi connectivity index (χ1n) is 5.06. The molecule has 0 saturated carbocycles. The molecule has 0 saturated heterocycles. The topological polar surface area (TPSA) is 94.7 Å². The summed E-state index contributed by atoms with van der Waals surface area (Å²) in [4.78, 5) is 17.9. The Morgan fingerprint density at radius 2 is 2.47 bits per heavy atom. The molecule has 2 rings (SSSR count). The number of hydrogen-bond acceptors (Lipinski definition) is 3. The summed E-state index contributed by atoms with van der Waals surface area (Å²) in [7, 11) is 0. The van der Waals surface area contributed by atoms with Gasteiger partial charge in [-0.3, -0.25) is 0 Å². The van der Waals surface area contributed by atoms with Crippen LogP contribution in [0.2, 0.25) is 0 Å². The van der Waals surface area contributed by atoms with Crippen LogP contribution in [0.4, 0.5) is 0 Å². The lowest BCUT2D eigenvalue weighted by atomic mass is 10.2. The molecule has 6 heteroatoms. The summed E-state index contributed by atoms with van der Waals surface area (Å²) in [5, 5.41) is 18.1. The van der Waals surface area contributed by atoms with Crippen LogP contribution >= 0.6 is 0 Å². The molecule has 0 fully saturated rings.